The summed E-state index contributed by atoms with van der Waals surface area (Å²) in [4.78, 5) is 26.0. The Morgan fingerprint density at radius 3 is 2.55 bits per heavy atom. The number of amides is 1. The highest BCUT2D eigenvalue weighted by atomic mass is 35.5. The molecule has 10 heteroatoms. The number of alkyl halides is 3. The van der Waals surface area contributed by atoms with Crippen LogP contribution < -0.4 is 10.4 Å². The van der Waals surface area contributed by atoms with Gasteiger partial charge in [0.15, 0.2) is 5.82 Å². The van der Waals surface area contributed by atoms with Gasteiger partial charge in [-0.1, -0.05) is 11.6 Å². The molecule has 120 valence electrons. The van der Waals surface area contributed by atoms with Crippen molar-refractivity contribution in [3.05, 3.63) is 22.8 Å². The lowest BCUT2D eigenvalue weighted by Crippen LogP contribution is -2.41. The molecule has 0 aromatic carbocycles. The van der Waals surface area contributed by atoms with E-state index in [1.54, 1.807) is 0 Å². The molecule has 2 atom stereocenters. The molecule has 1 aromatic rings. The average molecular weight is 338 g/mol. The molecule has 2 rings (SSSR count). The summed E-state index contributed by atoms with van der Waals surface area (Å²) in [5.41, 5.74) is 1.34. The molecule has 0 unspecified atom stereocenters. The van der Waals surface area contributed by atoms with Crippen molar-refractivity contribution in [2.75, 3.05) is 12.1 Å². The standard InChI is InChI=1S/C12H11ClF3N3O3/c1-19(18-10(20)6-3-7(6)11(21)22)9-8(13)2-5(4-17-9)12(14,15)16/h2,4,6-7H,3H2,1H3,(H,18,20)(H,21,22)/t6-,7-/m0/s1. The van der Waals surface area contributed by atoms with Crippen LogP contribution in [-0.2, 0) is 15.8 Å². The lowest BCUT2D eigenvalue weighted by molar-refractivity contribution is -0.140. The van der Waals surface area contributed by atoms with Crippen molar-refractivity contribution < 1.29 is 27.9 Å². The number of hydrogen-bond acceptors (Lipinski definition) is 4. The van der Waals surface area contributed by atoms with Crippen molar-refractivity contribution in [3.63, 3.8) is 0 Å². The van der Waals surface area contributed by atoms with Crippen LogP contribution in [0, 0.1) is 11.8 Å². The number of carbonyl (C=O) groups is 2. The minimum atomic E-state index is -4.57. The summed E-state index contributed by atoms with van der Waals surface area (Å²) in [6, 6.07) is 0.698. The van der Waals surface area contributed by atoms with Crippen LogP contribution in [0.3, 0.4) is 0 Å². The highest BCUT2D eigenvalue weighted by Gasteiger charge is 2.48. The molecule has 2 N–H and O–H groups in total. The van der Waals surface area contributed by atoms with Gasteiger partial charge < -0.3 is 5.11 Å². The molecule has 0 radical (unpaired) electrons. The van der Waals surface area contributed by atoms with Gasteiger partial charge in [0.2, 0.25) is 5.91 Å². The maximum atomic E-state index is 12.5. The monoisotopic (exact) mass is 337 g/mol. The van der Waals surface area contributed by atoms with Gasteiger partial charge in [-0.05, 0) is 12.5 Å². The molecule has 1 heterocycles. The molecule has 0 bridgehead atoms. The van der Waals surface area contributed by atoms with Gasteiger partial charge >= 0.3 is 12.1 Å². The predicted molar refractivity (Wildman–Crippen MR) is 70.0 cm³/mol. The molecule has 0 spiro atoms. The highest BCUT2D eigenvalue weighted by Crippen LogP contribution is 2.39. The van der Waals surface area contributed by atoms with Gasteiger partial charge in [0.1, 0.15) is 0 Å². The fraction of sp³-hybridized carbons (Fsp3) is 0.417. The number of anilines is 1. The lowest BCUT2D eigenvalue weighted by atomic mass is 10.3. The minimum Gasteiger partial charge on any atom is -0.481 e. The summed E-state index contributed by atoms with van der Waals surface area (Å²) in [5.74, 6) is -3.07. The first-order valence-corrected chi connectivity index (χ1v) is 6.49. The van der Waals surface area contributed by atoms with Crippen molar-refractivity contribution in [1.82, 2.24) is 10.4 Å². The maximum absolute atomic E-state index is 12.5. The Balaban J connectivity index is 2.06. The van der Waals surface area contributed by atoms with Gasteiger partial charge in [-0.15, -0.1) is 0 Å². The van der Waals surface area contributed by atoms with Crippen LogP contribution in [0.15, 0.2) is 12.3 Å². The fourth-order valence-electron chi connectivity index (χ4n) is 1.89. The highest BCUT2D eigenvalue weighted by molar-refractivity contribution is 6.33. The van der Waals surface area contributed by atoms with Crippen molar-refractivity contribution >= 4 is 29.3 Å². The first-order valence-electron chi connectivity index (χ1n) is 6.11. The third kappa shape index (κ3) is 3.41. The van der Waals surface area contributed by atoms with Crippen molar-refractivity contribution in [3.8, 4) is 0 Å². The number of nitrogens with one attached hydrogen (secondary N) is 1. The first kappa shape index (κ1) is 16.3. The summed E-state index contributed by atoms with van der Waals surface area (Å²) in [6.45, 7) is 0. The lowest BCUT2D eigenvalue weighted by Gasteiger charge is -2.20. The zero-order valence-corrected chi connectivity index (χ0v) is 11.9. The molecule has 22 heavy (non-hydrogen) atoms. The van der Waals surface area contributed by atoms with Crippen LogP contribution >= 0.6 is 11.6 Å². The number of nitrogens with zero attached hydrogens (tertiary/aromatic N) is 2. The summed E-state index contributed by atoms with van der Waals surface area (Å²) in [5, 5.41) is 9.51. The van der Waals surface area contributed by atoms with E-state index in [0.717, 1.165) is 5.01 Å². The molecular weight excluding hydrogens is 327 g/mol. The summed E-state index contributed by atoms with van der Waals surface area (Å²) >= 11 is 5.74. The first-order chi connectivity index (χ1) is 10.1. The summed E-state index contributed by atoms with van der Waals surface area (Å²) in [7, 11) is 1.34. The van der Waals surface area contributed by atoms with Gasteiger partial charge in [0.25, 0.3) is 0 Å². The zero-order valence-electron chi connectivity index (χ0n) is 11.2. The van der Waals surface area contributed by atoms with Gasteiger partial charge in [-0.2, -0.15) is 13.2 Å². The molecular formula is C12H11ClF3N3O3. The zero-order chi connectivity index (χ0) is 16.7. The van der Waals surface area contributed by atoms with E-state index in [0.29, 0.717) is 12.3 Å². The topological polar surface area (TPSA) is 82.5 Å². The Morgan fingerprint density at radius 2 is 2.09 bits per heavy atom. The Bertz CT molecular complexity index is 623. The molecule has 0 aliphatic heterocycles. The van der Waals surface area contributed by atoms with Crippen LogP contribution in [0.5, 0.6) is 0 Å². The van der Waals surface area contributed by atoms with Crippen molar-refractivity contribution in [2.45, 2.75) is 12.6 Å². The number of aromatic nitrogens is 1. The maximum Gasteiger partial charge on any atom is 0.417 e. The number of hydrazine groups is 1. The second-order valence-corrected chi connectivity index (χ2v) is 5.26. The van der Waals surface area contributed by atoms with E-state index in [-0.39, 0.29) is 17.3 Å². The molecule has 1 fully saturated rings. The van der Waals surface area contributed by atoms with Crippen LogP contribution in [0.2, 0.25) is 5.02 Å². The van der Waals surface area contributed by atoms with Crippen LogP contribution in [0.25, 0.3) is 0 Å². The number of carbonyl (C=O) groups excluding carboxylic acids is 1. The molecule has 1 aromatic heterocycles. The van der Waals surface area contributed by atoms with Gasteiger partial charge in [0.05, 0.1) is 22.4 Å². The van der Waals surface area contributed by atoms with Crippen LogP contribution in [0.4, 0.5) is 19.0 Å². The Hall–Kier alpha value is -2.03. The number of hydrogen-bond donors (Lipinski definition) is 2. The van der Waals surface area contributed by atoms with E-state index >= 15 is 0 Å². The van der Waals surface area contributed by atoms with E-state index in [1.165, 1.54) is 7.05 Å². The van der Waals surface area contributed by atoms with Gasteiger partial charge in [-0.25, -0.2) is 4.98 Å². The third-order valence-electron chi connectivity index (χ3n) is 3.19. The molecule has 1 amide bonds. The summed E-state index contributed by atoms with van der Waals surface area (Å²) < 4.78 is 37.5. The number of carboxylic acid groups (broad SMARTS) is 1. The van der Waals surface area contributed by atoms with E-state index in [2.05, 4.69) is 10.4 Å². The second-order valence-electron chi connectivity index (χ2n) is 4.85. The average Bonchev–Trinajstić information content (AvgIpc) is 3.17. The Kier molecular flexibility index (Phi) is 4.19. The molecule has 6 nitrogen and oxygen atoms in total. The quantitative estimate of drug-likeness (QED) is 0.821. The minimum absolute atomic E-state index is 0.0736. The van der Waals surface area contributed by atoms with Gasteiger partial charge in [-0.3, -0.25) is 20.0 Å². The Morgan fingerprint density at radius 1 is 1.45 bits per heavy atom. The van der Waals surface area contributed by atoms with Crippen molar-refractivity contribution in [1.29, 1.82) is 0 Å². The van der Waals surface area contributed by atoms with Crippen molar-refractivity contribution in [2.24, 2.45) is 11.8 Å². The number of pyridine rings is 1. The molecule has 0 saturated heterocycles. The predicted octanol–water partition coefficient (Wildman–Crippen LogP) is 1.94. The molecule has 1 saturated carbocycles. The number of halogens is 4. The SMILES string of the molecule is CN(NC(=O)[C@H]1C[C@@H]1C(=O)O)c1ncc(C(F)(F)F)cc1Cl. The van der Waals surface area contributed by atoms with Crippen LogP contribution in [0.1, 0.15) is 12.0 Å². The fourth-order valence-corrected chi connectivity index (χ4v) is 2.18. The number of carboxylic acids is 1. The van der Waals surface area contributed by atoms with E-state index in [1.807, 2.05) is 0 Å². The molecule has 1 aliphatic carbocycles. The third-order valence-corrected chi connectivity index (χ3v) is 3.47. The van der Waals surface area contributed by atoms with E-state index in [4.69, 9.17) is 16.7 Å². The summed E-state index contributed by atoms with van der Waals surface area (Å²) in [6.07, 6.45) is -3.75. The molecule has 1 aliphatic rings. The van der Waals surface area contributed by atoms with E-state index < -0.39 is 35.5 Å². The largest absolute Gasteiger partial charge is 0.481 e. The number of rotatable bonds is 4. The number of aliphatic carboxylic acids is 1. The second kappa shape index (κ2) is 5.64. The van der Waals surface area contributed by atoms with Crippen LogP contribution in [-0.4, -0.2) is 29.0 Å². The Labute approximate surface area is 127 Å². The normalized spacial score (nSPS) is 20.4. The smallest absolute Gasteiger partial charge is 0.417 e. The van der Waals surface area contributed by atoms with Gasteiger partial charge in [0, 0.05) is 13.2 Å². The van der Waals surface area contributed by atoms with E-state index in [9.17, 15) is 22.8 Å².